The molecule has 0 atom stereocenters. The maximum atomic E-state index is 4.46. The first kappa shape index (κ1) is 11.7. The molecule has 3 nitrogen and oxygen atoms in total. The van der Waals surface area contributed by atoms with E-state index in [-0.39, 0.29) is 0 Å². The lowest BCUT2D eigenvalue weighted by Gasteiger charge is -2.01. The van der Waals surface area contributed by atoms with Crippen molar-refractivity contribution in [3.8, 4) is 0 Å². The summed E-state index contributed by atoms with van der Waals surface area (Å²) in [5, 5.41) is 4.46. The van der Waals surface area contributed by atoms with Gasteiger partial charge in [-0.15, -0.1) is 0 Å². The summed E-state index contributed by atoms with van der Waals surface area (Å²) in [5.74, 6) is 0. The third kappa shape index (κ3) is 2.27. The van der Waals surface area contributed by atoms with Crippen molar-refractivity contribution in [3.05, 3.63) is 65.5 Å². The molecule has 0 radical (unpaired) electrons. The predicted octanol–water partition coefficient (Wildman–Crippen LogP) is 3.54. The van der Waals surface area contributed by atoms with Gasteiger partial charge in [-0.25, -0.2) is 9.66 Å². The molecule has 0 N–H and O–H groups in total. The van der Waals surface area contributed by atoms with E-state index in [1.165, 1.54) is 11.1 Å². The Morgan fingerprint density at radius 3 is 2.58 bits per heavy atom. The average molecular weight is 249 g/mol. The predicted molar refractivity (Wildman–Crippen MR) is 78.6 cm³/mol. The first-order chi connectivity index (χ1) is 9.24. The maximum absolute atomic E-state index is 4.46. The molecule has 0 aliphatic carbocycles. The zero-order valence-corrected chi connectivity index (χ0v) is 11.0. The van der Waals surface area contributed by atoms with Crippen molar-refractivity contribution >= 4 is 17.2 Å². The highest BCUT2D eigenvalue weighted by molar-refractivity contribution is 5.81. The summed E-state index contributed by atoms with van der Waals surface area (Å²) in [6, 6.07) is 14.3. The molecular weight excluding hydrogens is 234 g/mol. The highest BCUT2D eigenvalue weighted by Crippen LogP contribution is 2.18. The highest BCUT2D eigenvalue weighted by atomic mass is 15.4. The number of aromatic nitrogens is 2. The molecule has 0 unspecified atom stereocenters. The van der Waals surface area contributed by atoms with Crippen LogP contribution in [0, 0.1) is 13.8 Å². The Balaban J connectivity index is 2.02. The molecule has 0 saturated heterocycles. The molecule has 3 heteroatoms. The van der Waals surface area contributed by atoms with Crippen molar-refractivity contribution in [2.75, 3.05) is 0 Å². The lowest BCUT2D eigenvalue weighted by Crippen LogP contribution is -1.90. The number of nitrogens with zero attached hydrogens (tertiary/aromatic N) is 3. The molecule has 3 rings (SSSR count). The normalized spacial score (nSPS) is 11.5. The van der Waals surface area contributed by atoms with E-state index in [1.54, 1.807) is 6.33 Å². The van der Waals surface area contributed by atoms with E-state index in [9.17, 15) is 0 Å². The Morgan fingerprint density at radius 2 is 1.79 bits per heavy atom. The van der Waals surface area contributed by atoms with Crippen LogP contribution in [0.1, 0.15) is 16.7 Å². The number of hydrogen-bond acceptors (Lipinski definition) is 2. The standard InChI is InChI=1S/C16H15N3/c1-12-8-15-16(9-13(12)2)19(11-17-15)18-10-14-6-4-3-5-7-14/h3-11H,1-2H3. The average Bonchev–Trinajstić information content (AvgIpc) is 2.80. The molecule has 2 aromatic carbocycles. The second-order valence-corrected chi connectivity index (χ2v) is 4.67. The molecule has 3 aromatic rings. The van der Waals surface area contributed by atoms with Crippen molar-refractivity contribution < 1.29 is 0 Å². The molecule has 0 saturated carbocycles. The van der Waals surface area contributed by atoms with Gasteiger partial charge in [-0.1, -0.05) is 30.3 Å². The van der Waals surface area contributed by atoms with Gasteiger partial charge >= 0.3 is 0 Å². The van der Waals surface area contributed by atoms with Gasteiger partial charge in [0.25, 0.3) is 0 Å². The van der Waals surface area contributed by atoms with Gasteiger partial charge in [0.2, 0.25) is 0 Å². The molecule has 1 aromatic heterocycles. The fraction of sp³-hybridized carbons (Fsp3) is 0.125. The van der Waals surface area contributed by atoms with E-state index < -0.39 is 0 Å². The van der Waals surface area contributed by atoms with Gasteiger partial charge in [-0.2, -0.15) is 5.10 Å². The second kappa shape index (κ2) is 4.69. The second-order valence-electron chi connectivity index (χ2n) is 4.67. The summed E-state index contributed by atoms with van der Waals surface area (Å²) < 4.78 is 1.81. The molecule has 0 aliphatic rings. The van der Waals surface area contributed by atoms with Crippen LogP contribution in [0.25, 0.3) is 11.0 Å². The van der Waals surface area contributed by atoms with Gasteiger partial charge in [0, 0.05) is 0 Å². The van der Waals surface area contributed by atoms with Crippen LogP contribution in [0.3, 0.4) is 0 Å². The van der Waals surface area contributed by atoms with Gasteiger partial charge in [-0.05, 0) is 42.7 Å². The van der Waals surface area contributed by atoms with Crippen molar-refractivity contribution in [2.45, 2.75) is 13.8 Å². The minimum atomic E-state index is 0.980. The first-order valence-electron chi connectivity index (χ1n) is 6.28. The highest BCUT2D eigenvalue weighted by Gasteiger charge is 2.03. The first-order valence-corrected chi connectivity index (χ1v) is 6.28. The summed E-state index contributed by atoms with van der Waals surface area (Å²) >= 11 is 0. The molecule has 1 heterocycles. The van der Waals surface area contributed by atoms with E-state index in [0.717, 1.165) is 16.6 Å². The molecule has 0 amide bonds. The Labute approximate surface area is 112 Å². The smallest absolute Gasteiger partial charge is 0.118 e. The zero-order chi connectivity index (χ0) is 13.2. The van der Waals surface area contributed by atoms with E-state index >= 15 is 0 Å². The topological polar surface area (TPSA) is 30.2 Å². The summed E-state index contributed by atoms with van der Waals surface area (Å²) in [7, 11) is 0. The monoisotopic (exact) mass is 249 g/mol. The SMILES string of the molecule is Cc1cc2ncn(N=Cc3ccccc3)c2cc1C. The van der Waals surface area contributed by atoms with Gasteiger partial charge < -0.3 is 0 Å². The summed E-state index contributed by atoms with van der Waals surface area (Å²) in [4.78, 5) is 4.38. The lowest BCUT2D eigenvalue weighted by atomic mass is 10.1. The van der Waals surface area contributed by atoms with Crippen LogP contribution in [-0.4, -0.2) is 15.9 Å². The Bertz CT molecular complexity index is 739. The maximum Gasteiger partial charge on any atom is 0.118 e. The summed E-state index contributed by atoms with van der Waals surface area (Å²) in [6.07, 6.45) is 3.60. The number of aryl methyl sites for hydroxylation is 2. The van der Waals surface area contributed by atoms with Crippen molar-refractivity contribution in [1.29, 1.82) is 0 Å². The number of rotatable bonds is 2. The molecule has 0 fully saturated rings. The fourth-order valence-corrected chi connectivity index (χ4v) is 2.01. The van der Waals surface area contributed by atoms with E-state index in [4.69, 9.17) is 0 Å². The Hall–Kier alpha value is -2.42. The van der Waals surface area contributed by atoms with Gasteiger partial charge in [0.15, 0.2) is 0 Å². The van der Waals surface area contributed by atoms with Crippen molar-refractivity contribution in [1.82, 2.24) is 9.66 Å². The third-order valence-corrected chi connectivity index (χ3v) is 3.27. The quantitative estimate of drug-likeness (QED) is 0.639. The zero-order valence-electron chi connectivity index (χ0n) is 11.0. The van der Waals surface area contributed by atoms with Crippen LogP contribution in [0.5, 0.6) is 0 Å². The van der Waals surface area contributed by atoms with Crippen LogP contribution in [-0.2, 0) is 0 Å². The Kier molecular flexibility index (Phi) is 2.88. The third-order valence-electron chi connectivity index (χ3n) is 3.27. The Morgan fingerprint density at radius 1 is 1.05 bits per heavy atom. The minimum Gasteiger partial charge on any atom is -0.235 e. The van der Waals surface area contributed by atoms with Crippen LogP contribution < -0.4 is 0 Å². The number of benzene rings is 2. The fourth-order valence-electron chi connectivity index (χ4n) is 2.01. The lowest BCUT2D eigenvalue weighted by molar-refractivity contribution is 0.914. The molecule has 0 bridgehead atoms. The van der Waals surface area contributed by atoms with Crippen LogP contribution in [0.15, 0.2) is 53.9 Å². The molecule has 0 aliphatic heterocycles. The van der Waals surface area contributed by atoms with Crippen molar-refractivity contribution in [3.63, 3.8) is 0 Å². The van der Waals surface area contributed by atoms with Crippen LogP contribution >= 0.6 is 0 Å². The van der Waals surface area contributed by atoms with Gasteiger partial charge in [-0.3, -0.25) is 0 Å². The van der Waals surface area contributed by atoms with E-state index in [1.807, 2.05) is 41.2 Å². The summed E-state index contributed by atoms with van der Waals surface area (Å²) in [5.41, 5.74) is 5.60. The number of imidazole rings is 1. The van der Waals surface area contributed by atoms with Gasteiger partial charge in [0.05, 0.1) is 17.2 Å². The minimum absolute atomic E-state index is 0.980. The molecular formula is C16H15N3. The van der Waals surface area contributed by atoms with E-state index in [0.29, 0.717) is 0 Å². The van der Waals surface area contributed by atoms with E-state index in [2.05, 4.69) is 36.1 Å². The summed E-state index contributed by atoms with van der Waals surface area (Å²) in [6.45, 7) is 4.20. The molecule has 0 spiro atoms. The molecule has 19 heavy (non-hydrogen) atoms. The van der Waals surface area contributed by atoms with Crippen LogP contribution in [0.4, 0.5) is 0 Å². The van der Waals surface area contributed by atoms with Crippen LogP contribution in [0.2, 0.25) is 0 Å². The number of fused-ring (bicyclic) bond motifs is 1. The number of hydrogen-bond donors (Lipinski definition) is 0. The van der Waals surface area contributed by atoms with Crippen molar-refractivity contribution in [2.24, 2.45) is 5.10 Å². The van der Waals surface area contributed by atoms with Gasteiger partial charge in [0.1, 0.15) is 6.33 Å². The largest absolute Gasteiger partial charge is 0.235 e. The molecule has 94 valence electrons.